The highest BCUT2D eigenvalue weighted by Gasteiger charge is 2.26. The summed E-state index contributed by atoms with van der Waals surface area (Å²) in [5, 5.41) is 0. The van der Waals surface area contributed by atoms with Crippen LogP contribution in [0.2, 0.25) is 0 Å². The summed E-state index contributed by atoms with van der Waals surface area (Å²) in [6, 6.07) is 3.12. The van der Waals surface area contributed by atoms with Crippen LogP contribution in [0.15, 0.2) is 18.2 Å². The lowest BCUT2D eigenvalue weighted by Crippen LogP contribution is -2.37. The summed E-state index contributed by atoms with van der Waals surface area (Å²) < 4.78 is 23.5. The number of carbonyl (C=O) groups is 2. The van der Waals surface area contributed by atoms with Gasteiger partial charge < -0.3 is 14.3 Å². The van der Waals surface area contributed by atoms with Crippen LogP contribution in [0.3, 0.4) is 0 Å². The molecule has 0 N–H and O–H groups in total. The van der Waals surface area contributed by atoms with Crippen molar-refractivity contribution in [2.75, 3.05) is 14.2 Å². The van der Waals surface area contributed by atoms with Gasteiger partial charge in [0.25, 0.3) is 0 Å². The Morgan fingerprint density at radius 2 is 2.00 bits per heavy atom. The van der Waals surface area contributed by atoms with Crippen molar-refractivity contribution in [1.29, 1.82) is 0 Å². The van der Waals surface area contributed by atoms with E-state index in [0.717, 1.165) is 4.90 Å². The van der Waals surface area contributed by atoms with E-state index in [1.54, 1.807) is 20.8 Å². The summed E-state index contributed by atoms with van der Waals surface area (Å²) in [4.78, 5) is 24.5. The Morgan fingerprint density at radius 1 is 1.38 bits per heavy atom. The number of nitrogens with zero attached hydrogens (tertiary/aromatic N) is 1. The van der Waals surface area contributed by atoms with Crippen LogP contribution in [-0.2, 0) is 9.53 Å². The molecule has 0 spiro atoms. The minimum atomic E-state index is -0.880. The van der Waals surface area contributed by atoms with Crippen LogP contribution < -0.4 is 4.74 Å². The van der Waals surface area contributed by atoms with Crippen molar-refractivity contribution < 1.29 is 23.5 Å². The quantitative estimate of drug-likeness (QED) is 0.802. The fraction of sp³-hybridized carbons (Fsp3) is 0.467. The molecule has 1 amide bonds. The first-order valence-electron chi connectivity index (χ1n) is 6.44. The van der Waals surface area contributed by atoms with Crippen LogP contribution in [0.4, 0.5) is 9.18 Å². The van der Waals surface area contributed by atoms with Crippen molar-refractivity contribution in [3.05, 3.63) is 29.6 Å². The van der Waals surface area contributed by atoms with Gasteiger partial charge in [-0.15, -0.1) is 0 Å². The first kappa shape index (κ1) is 16.9. The maximum Gasteiger partial charge on any atom is 0.410 e. The zero-order valence-corrected chi connectivity index (χ0v) is 12.8. The molecule has 5 nitrogen and oxygen atoms in total. The van der Waals surface area contributed by atoms with Gasteiger partial charge in [-0.2, -0.15) is 0 Å². The Hall–Kier alpha value is -2.11. The molecular weight excluding hydrogens is 277 g/mol. The first-order chi connectivity index (χ1) is 9.69. The second-order valence-electron chi connectivity index (χ2n) is 5.57. The number of aldehydes is 1. The summed E-state index contributed by atoms with van der Waals surface area (Å²) in [7, 11) is 2.78. The van der Waals surface area contributed by atoms with Gasteiger partial charge in [0.2, 0.25) is 0 Å². The van der Waals surface area contributed by atoms with E-state index < -0.39 is 23.6 Å². The smallest absolute Gasteiger partial charge is 0.410 e. The van der Waals surface area contributed by atoms with E-state index in [1.807, 2.05) is 0 Å². The molecule has 0 aliphatic carbocycles. The molecule has 0 aliphatic heterocycles. The number of hydrogen-bond donors (Lipinski definition) is 0. The maximum absolute atomic E-state index is 13.4. The third kappa shape index (κ3) is 4.44. The molecule has 0 aliphatic rings. The van der Waals surface area contributed by atoms with E-state index in [4.69, 9.17) is 9.47 Å². The average molecular weight is 297 g/mol. The maximum atomic E-state index is 13.4. The molecule has 1 aromatic rings. The number of amides is 1. The molecule has 0 aromatic heterocycles. The molecule has 21 heavy (non-hydrogen) atoms. The number of likely N-dealkylation sites (N-methyl/N-ethyl adjacent to an activating group) is 1. The van der Waals surface area contributed by atoms with Crippen molar-refractivity contribution >= 4 is 12.4 Å². The lowest BCUT2D eigenvalue weighted by Gasteiger charge is -2.28. The van der Waals surface area contributed by atoms with Crippen LogP contribution >= 0.6 is 0 Å². The fourth-order valence-corrected chi connectivity index (χ4v) is 1.70. The second kappa shape index (κ2) is 6.56. The largest absolute Gasteiger partial charge is 0.494 e. The van der Waals surface area contributed by atoms with E-state index in [1.165, 1.54) is 32.4 Å². The lowest BCUT2D eigenvalue weighted by molar-refractivity contribution is -0.112. The highest BCUT2D eigenvalue weighted by molar-refractivity contribution is 5.74. The Kier molecular flexibility index (Phi) is 5.29. The number of hydrogen-bond acceptors (Lipinski definition) is 4. The Bertz CT molecular complexity index is 525. The summed E-state index contributed by atoms with van der Waals surface area (Å²) in [5.74, 6) is -0.525. The van der Waals surface area contributed by atoms with Gasteiger partial charge in [0.1, 0.15) is 17.9 Å². The number of benzene rings is 1. The molecule has 1 atom stereocenters. The SMILES string of the molecule is COc1cc(C(C=O)N(C)C(=O)OC(C)(C)C)ccc1F. The van der Waals surface area contributed by atoms with Gasteiger partial charge in [0.05, 0.1) is 7.11 Å². The van der Waals surface area contributed by atoms with Crippen LogP contribution in [0.1, 0.15) is 32.4 Å². The van der Waals surface area contributed by atoms with Crippen LogP contribution in [0, 0.1) is 5.82 Å². The second-order valence-corrected chi connectivity index (χ2v) is 5.57. The van der Waals surface area contributed by atoms with Crippen molar-refractivity contribution in [2.45, 2.75) is 32.4 Å². The normalized spacial score (nSPS) is 12.5. The summed E-state index contributed by atoms with van der Waals surface area (Å²) in [6.45, 7) is 5.20. The molecule has 0 radical (unpaired) electrons. The van der Waals surface area contributed by atoms with Crippen molar-refractivity contribution in [3.8, 4) is 5.75 Å². The standard InChI is InChI=1S/C15H20FNO4/c1-15(2,3)21-14(19)17(4)12(9-18)10-6-7-11(16)13(8-10)20-5/h6-9,12H,1-5H3. The molecule has 6 heteroatoms. The topological polar surface area (TPSA) is 55.8 Å². The number of ether oxygens (including phenoxy) is 2. The number of halogens is 1. The van der Waals surface area contributed by atoms with E-state index >= 15 is 0 Å². The van der Waals surface area contributed by atoms with E-state index in [-0.39, 0.29) is 5.75 Å². The number of methoxy groups -OCH3 is 1. The molecule has 0 fully saturated rings. The van der Waals surface area contributed by atoms with Crippen LogP contribution in [-0.4, -0.2) is 37.0 Å². The van der Waals surface area contributed by atoms with Gasteiger partial charge in [0, 0.05) is 7.05 Å². The molecule has 116 valence electrons. The van der Waals surface area contributed by atoms with Crippen LogP contribution in [0.25, 0.3) is 0 Å². The highest BCUT2D eigenvalue weighted by Crippen LogP contribution is 2.25. The zero-order chi connectivity index (χ0) is 16.2. The van der Waals surface area contributed by atoms with Crippen LogP contribution in [0.5, 0.6) is 5.75 Å². The lowest BCUT2D eigenvalue weighted by atomic mass is 10.1. The minimum absolute atomic E-state index is 0.0111. The highest BCUT2D eigenvalue weighted by atomic mass is 19.1. The Balaban J connectivity index is 3.02. The van der Waals surface area contributed by atoms with Gasteiger partial charge in [-0.3, -0.25) is 4.90 Å². The first-order valence-corrected chi connectivity index (χ1v) is 6.44. The van der Waals surface area contributed by atoms with Gasteiger partial charge in [0.15, 0.2) is 11.6 Å². The van der Waals surface area contributed by atoms with E-state index in [2.05, 4.69) is 0 Å². The van der Waals surface area contributed by atoms with Crippen molar-refractivity contribution in [3.63, 3.8) is 0 Å². The summed E-state index contributed by atoms with van der Waals surface area (Å²) >= 11 is 0. The van der Waals surface area contributed by atoms with Gasteiger partial charge in [-0.1, -0.05) is 6.07 Å². The summed E-state index contributed by atoms with van der Waals surface area (Å²) in [5.41, 5.74) is -0.226. The Morgan fingerprint density at radius 3 is 2.48 bits per heavy atom. The molecule has 0 saturated heterocycles. The number of rotatable bonds is 4. The molecule has 1 aromatic carbocycles. The zero-order valence-electron chi connectivity index (χ0n) is 12.8. The minimum Gasteiger partial charge on any atom is -0.494 e. The molecular formula is C15H20FNO4. The molecule has 0 heterocycles. The molecule has 1 rings (SSSR count). The number of carbonyl (C=O) groups excluding carboxylic acids is 2. The third-order valence-electron chi connectivity index (χ3n) is 2.74. The molecule has 1 unspecified atom stereocenters. The molecule has 0 bridgehead atoms. The van der Waals surface area contributed by atoms with Gasteiger partial charge in [-0.05, 0) is 38.5 Å². The van der Waals surface area contributed by atoms with E-state index in [9.17, 15) is 14.0 Å². The average Bonchev–Trinajstić information content (AvgIpc) is 2.39. The monoisotopic (exact) mass is 297 g/mol. The summed E-state index contributed by atoms with van der Waals surface area (Å²) in [6.07, 6.45) is -0.0424. The van der Waals surface area contributed by atoms with Gasteiger partial charge in [-0.25, -0.2) is 9.18 Å². The van der Waals surface area contributed by atoms with Crippen molar-refractivity contribution in [2.24, 2.45) is 0 Å². The fourth-order valence-electron chi connectivity index (χ4n) is 1.70. The molecule has 0 saturated carbocycles. The predicted molar refractivity (Wildman–Crippen MR) is 75.8 cm³/mol. The van der Waals surface area contributed by atoms with E-state index in [0.29, 0.717) is 11.8 Å². The predicted octanol–water partition coefficient (Wildman–Crippen LogP) is 2.94. The Labute approximate surface area is 123 Å². The van der Waals surface area contributed by atoms with Crippen molar-refractivity contribution in [1.82, 2.24) is 4.90 Å². The van der Waals surface area contributed by atoms with Gasteiger partial charge >= 0.3 is 6.09 Å². The third-order valence-corrected chi connectivity index (χ3v) is 2.74.